The van der Waals surface area contributed by atoms with Crippen LogP contribution in [0.5, 0.6) is 23.0 Å². The Morgan fingerprint density at radius 1 is 0.382 bits per heavy atom. The topological polar surface area (TPSA) is 393 Å². The molecule has 12 bridgehead atoms. The predicted molar refractivity (Wildman–Crippen MR) is 324 cm³/mol. The number of aliphatic carboxylic acids is 1. The van der Waals surface area contributed by atoms with Gasteiger partial charge in [0, 0.05) is 150 Å². The number of benzene rings is 4. The van der Waals surface area contributed by atoms with Crippen LogP contribution < -0.4 is 47.9 Å². The number of nitrogens with one attached hydrogen (secondary N) is 9. The molecule has 9 amide bonds. The summed E-state index contributed by atoms with van der Waals surface area (Å²) in [6, 6.07) is 16.1. The fraction of sp³-hybridized carbons (Fsp3) is 0.443. The molecule has 0 spiro atoms. The molecule has 89 heavy (non-hydrogen) atoms. The molecule has 0 fully saturated rings. The summed E-state index contributed by atoms with van der Waals surface area (Å²) in [5.41, 5.74) is -1.42. The molecule has 4 aliphatic rings. The first kappa shape index (κ1) is 67.1. The van der Waals surface area contributed by atoms with Crippen LogP contribution in [0.25, 0.3) is 0 Å². The maximum absolute atomic E-state index is 14.4. The normalized spacial score (nSPS) is 21.1. The highest BCUT2D eigenvalue weighted by atomic mass is 16.4. The van der Waals surface area contributed by atoms with Gasteiger partial charge < -0.3 is 73.4 Å². The first-order chi connectivity index (χ1) is 42.9. The van der Waals surface area contributed by atoms with Crippen LogP contribution in [-0.4, -0.2) is 241 Å². The van der Waals surface area contributed by atoms with Gasteiger partial charge in [-0.1, -0.05) is 24.3 Å². The number of nitrogens with zero attached hydrogens (tertiary/aromatic N) is 4. The second-order valence-corrected chi connectivity index (χ2v) is 21.7. The van der Waals surface area contributed by atoms with Crippen molar-refractivity contribution in [3.8, 4) is 23.0 Å². The third kappa shape index (κ3) is 19.8. The van der Waals surface area contributed by atoms with Crippen LogP contribution in [-0.2, 0) is 9.59 Å². The third-order valence-electron chi connectivity index (χ3n) is 15.5. The Bertz CT molecular complexity index is 3130. The van der Waals surface area contributed by atoms with Crippen molar-refractivity contribution in [2.45, 2.75) is 44.6 Å². The van der Waals surface area contributed by atoms with Crippen LogP contribution in [0.15, 0.2) is 72.8 Å². The van der Waals surface area contributed by atoms with Crippen molar-refractivity contribution in [3.63, 3.8) is 0 Å². The standard InChI is InChI=1S/C61H79N13O15/c75-48(17-7-18-49(76)77)62-19-2-1-8-39-38-74-33-26-69-59(87)45-14-5-13-44(52(45)80)56(84)65-22-29-72(30-23-68-60(88)46-15-6-16-47(53(46)81)61(89)70-39)35-34-71-27-20-63-54(82)40-9-3-11-42(50(40)78)57(85)66-24-31-73(36-37-74)32-25-67-58(86)43-12-4-10-41(51(43)79)55(83)64-21-28-71/h3-6,9-16,39,78-81H,1-2,7-8,17-38H2,(H,62,75)(H,63,82)(H,64,83)(H,65,84)(H,66,85)(H,67,86)(H,68,88)(H,69,87)(H,70,89)(H,76,77)/t39-/m0/s1. The molecule has 8 rings (SSSR count). The molecule has 2 unspecified atom stereocenters. The summed E-state index contributed by atoms with van der Waals surface area (Å²) < 4.78 is 0. The van der Waals surface area contributed by atoms with Crippen LogP contribution in [0.2, 0.25) is 0 Å². The van der Waals surface area contributed by atoms with Gasteiger partial charge in [-0.25, -0.2) is 0 Å². The molecule has 0 saturated carbocycles. The summed E-state index contributed by atoms with van der Waals surface area (Å²) in [7, 11) is 0. The Balaban J connectivity index is 1.30. The maximum atomic E-state index is 14.4. The van der Waals surface area contributed by atoms with Crippen LogP contribution in [0.1, 0.15) is 121 Å². The van der Waals surface area contributed by atoms with E-state index in [0.717, 1.165) is 0 Å². The highest BCUT2D eigenvalue weighted by molar-refractivity contribution is 6.06. The number of fused-ring (bicyclic) bond motifs is 16. The van der Waals surface area contributed by atoms with E-state index >= 15 is 0 Å². The summed E-state index contributed by atoms with van der Waals surface area (Å²) in [6.45, 7) is 1.92. The molecule has 478 valence electrons. The number of hydrogen-bond acceptors (Lipinski definition) is 18. The number of carboxylic acid groups (broad SMARTS) is 1. The average Bonchev–Trinajstić information content (AvgIpc) is 2.32. The van der Waals surface area contributed by atoms with E-state index in [-0.39, 0.29) is 207 Å². The van der Waals surface area contributed by atoms with E-state index in [9.17, 15) is 68.4 Å². The van der Waals surface area contributed by atoms with Crippen molar-refractivity contribution < 1.29 is 73.5 Å². The SMILES string of the molecule is O=C(O)CCCC(=O)NCCCC[C@H]1CN2CCNC(=O)c3cccc(c3O)C(=O)NCCN(CCNC(=O)c3cccc(c3O)C(=O)N1)CCN1CCNC(=O)c3cccc(c3O)C(=O)NCCN(CCNC(=O)c3cccc(c3O)C(=O)NCC1)CC2. The Morgan fingerprint density at radius 2 is 0.663 bits per heavy atom. The zero-order valence-electron chi connectivity index (χ0n) is 49.5. The molecule has 28 heteroatoms. The minimum atomic E-state index is -1.02. The number of carboxylic acids is 1. The molecular formula is C61H79N13O15. The largest absolute Gasteiger partial charge is 0.506 e. The van der Waals surface area contributed by atoms with Gasteiger partial charge in [0.05, 0.1) is 44.5 Å². The minimum absolute atomic E-state index is 0.00257. The molecule has 14 N–H and O–H groups in total. The molecule has 4 heterocycles. The van der Waals surface area contributed by atoms with E-state index in [1.54, 1.807) is 0 Å². The summed E-state index contributed by atoms with van der Waals surface area (Å²) in [5, 5.41) is 80.4. The highest BCUT2D eigenvalue weighted by Crippen LogP contribution is 2.26. The number of phenols is 4. The van der Waals surface area contributed by atoms with Crippen molar-refractivity contribution in [3.05, 3.63) is 117 Å². The van der Waals surface area contributed by atoms with Crippen molar-refractivity contribution >= 4 is 59.1 Å². The van der Waals surface area contributed by atoms with Gasteiger partial charge in [0.2, 0.25) is 5.91 Å². The molecule has 4 aromatic carbocycles. The molecular weight excluding hydrogens is 1150 g/mol. The quantitative estimate of drug-likeness (QED) is 0.0949. The monoisotopic (exact) mass is 1230 g/mol. The smallest absolute Gasteiger partial charge is 0.303 e. The summed E-state index contributed by atoms with van der Waals surface area (Å²) in [5.74, 6) is -9.12. The minimum Gasteiger partial charge on any atom is -0.506 e. The summed E-state index contributed by atoms with van der Waals surface area (Å²) >= 11 is 0. The van der Waals surface area contributed by atoms with Gasteiger partial charge in [0.1, 0.15) is 23.0 Å². The van der Waals surface area contributed by atoms with Gasteiger partial charge in [-0.15, -0.1) is 0 Å². The first-order valence-electron chi connectivity index (χ1n) is 29.8. The second-order valence-electron chi connectivity index (χ2n) is 21.7. The van der Waals surface area contributed by atoms with Crippen molar-refractivity contribution in [1.29, 1.82) is 0 Å². The number of unbranched alkanes of at least 4 members (excludes halogenated alkanes) is 1. The van der Waals surface area contributed by atoms with E-state index in [4.69, 9.17) is 5.11 Å². The first-order valence-corrected chi connectivity index (χ1v) is 29.8. The highest BCUT2D eigenvalue weighted by Gasteiger charge is 2.27. The van der Waals surface area contributed by atoms with Gasteiger partial charge in [0.15, 0.2) is 0 Å². The summed E-state index contributed by atoms with van der Waals surface area (Å²) in [4.78, 5) is 142. The molecule has 0 aliphatic carbocycles. The van der Waals surface area contributed by atoms with Crippen LogP contribution in [0.3, 0.4) is 0 Å². The van der Waals surface area contributed by atoms with Crippen LogP contribution in [0.4, 0.5) is 0 Å². The Kier molecular flexibility index (Phi) is 25.4. The van der Waals surface area contributed by atoms with E-state index < -0.39 is 82.3 Å². The van der Waals surface area contributed by atoms with Crippen LogP contribution in [0, 0.1) is 0 Å². The zero-order valence-corrected chi connectivity index (χ0v) is 49.5. The Morgan fingerprint density at radius 3 is 0.966 bits per heavy atom. The van der Waals surface area contributed by atoms with E-state index in [0.29, 0.717) is 12.8 Å². The lowest BCUT2D eigenvalue weighted by Gasteiger charge is -2.31. The molecule has 0 radical (unpaired) electrons. The lowest BCUT2D eigenvalue weighted by Crippen LogP contribution is -2.49. The number of hydrogen-bond donors (Lipinski definition) is 14. The number of para-hydroxylation sites is 4. The number of rotatable bonds is 9. The molecule has 0 saturated heterocycles. The molecule has 3 atom stereocenters. The van der Waals surface area contributed by atoms with Crippen molar-refractivity contribution in [2.75, 3.05) is 131 Å². The lowest BCUT2D eigenvalue weighted by atomic mass is 10.0. The van der Waals surface area contributed by atoms with Gasteiger partial charge in [0.25, 0.3) is 47.3 Å². The number of carbonyl (C=O) groups is 10. The molecule has 4 aromatic rings. The van der Waals surface area contributed by atoms with Gasteiger partial charge in [-0.3, -0.25) is 67.5 Å². The molecule has 4 aliphatic heterocycles. The predicted octanol–water partition coefficient (Wildman–Crippen LogP) is -0.393. The number of carbonyl (C=O) groups excluding carboxylic acids is 9. The van der Waals surface area contributed by atoms with Gasteiger partial charge in [-0.2, -0.15) is 0 Å². The van der Waals surface area contributed by atoms with Crippen LogP contribution >= 0.6 is 0 Å². The van der Waals surface area contributed by atoms with E-state index in [2.05, 4.69) is 47.9 Å². The fourth-order valence-corrected chi connectivity index (χ4v) is 10.5. The Labute approximate surface area is 514 Å². The molecule has 28 nitrogen and oxygen atoms in total. The third-order valence-corrected chi connectivity index (χ3v) is 15.5. The van der Waals surface area contributed by atoms with Crippen molar-refractivity contribution in [2.24, 2.45) is 0 Å². The van der Waals surface area contributed by atoms with Gasteiger partial charge >= 0.3 is 5.97 Å². The lowest BCUT2D eigenvalue weighted by molar-refractivity contribution is -0.137. The van der Waals surface area contributed by atoms with Crippen molar-refractivity contribution in [1.82, 2.24) is 67.5 Å². The number of amides is 9. The average molecular weight is 1230 g/mol. The maximum Gasteiger partial charge on any atom is 0.303 e. The van der Waals surface area contributed by atoms with E-state index in [1.807, 2.05) is 19.6 Å². The number of aromatic hydroxyl groups is 4. The second kappa shape index (κ2) is 33.7. The Hall–Kier alpha value is -9.38. The zero-order chi connectivity index (χ0) is 63.8. The molecule has 0 aromatic heterocycles. The summed E-state index contributed by atoms with van der Waals surface area (Å²) in [6.07, 6.45) is 1.15. The fourth-order valence-electron chi connectivity index (χ4n) is 10.5. The van der Waals surface area contributed by atoms with E-state index in [1.165, 1.54) is 72.8 Å². The van der Waals surface area contributed by atoms with Gasteiger partial charge in [-0.05, 0) is 74.2 Å². The number of phenolic OH excluding ortho intramolecular Hbond substituents is 4.